The van der Waals surface area contributed by atoms with Gasteiger partial charge in [0, 0.05) is 12.1 Å². The first-order valence-corrected chi connectivity index (χ1v) is 6.94. The first-order chi connectivity index (χ1) is 11.1. The molecule has 0 fully saturated rings. The van der Waals surface area contributed by atoms with Gasteiger partial charge in [0.1, 0.15) is 29.6 Å². The van der Waals surface area contributed by atoms with E-state index < -0.39 is 0 Å². The molecule has 2 aromatic rings. The zero-order valence-electron chi connectivity index (χ0n) is 13.0. The zero-order valence-corrected chi connectivity index (χ0v) is 13.0. The van der Waals surface area contributed by atoms with Crippen molar-refractivity contribution in [3.8, 4) is 23.0 Å². The third-order valence-electron chi connectivity index (χ3n) is 3.24. The lowest BCUT2D eigenvalue weighted by Gasteiger charge is -2.12. The van der Waals surface area contributed by atoms with Crippen molar-refractivity contribution >= 4 is 5.78 Å². The van der Waals surface area contributed by atoms with Crippen molar-refractivity contribution in [2.24, 2.45) is 0 Å². The van der Waals surface area contributed by atoms with Gasteiger partial charge < -0.3 is 19.3 Å². The van der Waals surface area contributed by atoms with Crippen LogP contribution in [0.1, 0.15) is 15.9 Å². The maximum absolute atomic E-state index is 12.7. The lowest BCUT2D eigenvalue weighted by molar-refractivity contribution is 0.103. The molecule has 1 N–H and O–H groups in total. The van der Waals surface area contributed by atoms with E-state index in [4.69, 9.17) is 14.2 Å². The number of methoxy groups -OCH3 is 2. The fraction of sp³-hybridized carbons (Fsp3) is 0.167. The minimum absolute atomic E-state index is 0.153. The number of benzene rings is 2. The molecule has 0 atom stereocenters. The predicted octanol–water partition coefficient (Wildman–Crippen LogP) is 3.21. The average Bonchev–Trinajstić information content (AvgIpc) is 2.58. The quantitative estimate of drug-likeness (QED) is 0.628. The maximum Gasteiger partial charge on any atom is 0.200 e. The first kappa shape index (κ1) is 16.4. The van der Waals surface area contributed by atoms with E-state index in [0.29, 0.717) is 22.8 Å². The van der Waals surface area contributed by atoms with Crippen molar-refractivity contribution in [2.45, 2.75) is 0 Å². The minimum atomic E-state index is -0.355. The normalized spacial score (nSPS) is 10.0. The van der Waals surface area contributed by atoms with E-state index in [0.717, 1.165) is 0 Å². The molecule has 0 aliphatic heterocycles. The highest BCUT2D eigenvalue weighted by molar-refractivity contribution is 6.12. The van der Waals surface area contributed by atoms with Crippen LogP contribution >= 0.6 is 0 Å². The van der Waals surface area contributed by atoms with Crippen LogP contribution in [-0.4, -0.2) is 31.7 Å². The van der Waals surface area contributed by atoms with Crippen molar-refractivity contribution in [3.63, 3.8) is 0 Å². The van der Waals surface area contributed by atoms with E-state index in [1.165, 1.54) is 26.4 Å². The standard InChI is InChI=1S/C18H18O5/c1-4-9-23-17-11-13(22-3)6-8-15(17)18(20)14-7-5-12(21-2)10-16(14)19/h4-8,10-11,19H,1,9H2,2-3H3. The van der Waals surface area contributed by atoms with E-state index in [9.17, 15) is 9.90 Å². The summed E-state index contributed by atoms with van der Waals surface area (Å²) in [5.41, 5.74) is 0.493. The van der Waals surface area contributed by atoms with E-state index >= 15 is 0 Å². The molecular weight excluding hydrogens is 296 g/mol. The molecule has 23 heavy (non-hydrogen) atoms. The molecule has 0 unspecified atom stereocenters. The van der Waals surface area contributed by atoms with Crippen LogP contribution in [0.4, 0.5) is 0 Å². The van der Waals surface area contributed by atoms with Gasteiger partial charge in [0.2, 0.25) is 0 Å². The van der Waals surface area contributed by atoms with Gasteiger partial charge in [0.05, 0.1) is 25.3 Å². The summed E-state index contributed by atoms with van der Waals surface area (Å²) < 4.78 is 15.7. The number of phenols is 1. The van der Waals surface area contributed by atoms with Crippen LogP contribution in [0.5, 0.6) is 23.0 Å². The molecule has 0 radical (unpaired) electrons. The fourth-order valence-electron chi connectivity index (χ4n) is 2.06. The molecule has 5 heteroatoms. The Kier molecular flexibility index (Phi) is 5.25. The number of aromatic hydroxyl groups is 1. The minimum Gasteiger partial charge on any atom is -0.507 e. The summed E-state index contributed by atoms with van der Waals surface area (Å²) in [6.45, 7) is 3.84. The number of hydrogen-bond acceptors (Lipinski definition) is 5. The maximum atomic E-state index is 12.7. The fourth-order valence-corrected chi connectivity index (χ4v) is 2.06. The van der Waals surface area contributed by atoms with Gasteiger partial charge in [0.25, 0.3) is 0 Å². The van der Waals surface area contributed by atoms with Crippen LogP contribution in [0.15, 0.2) is 49.1 Å². The Balaban J connectivity index is 2.43. The van der Waals surface area contributed by atoms with Crippen molar-refractivity contribution in [1.29, 1.82) is 0 Å². The van der Waals surface area contributed by atoms with Gasteiger partial charge >= 0.3 is 0 Å². The highest BCUT2D eigenvalue weighted by Gasteiger charge is 2.19. The Morgan fingerprint density at radius 3 is 2.26 bits per heavy atom. The van der Waals surface area contributed by atoms with Crippen LogP contribution < -0.4 is 14.2 Å². The number of phenolic OH excluding ortho intramolecular Hbond substituents is 1. The van der Waals surface area contributed by atoms with Crippen molar-refractivity contribution < 1.29 is 24.1 Å². The van der Waals surface area contributed by atoms with Gasteiger partial charge in [0.15, 0.2) is 5.78 Å². The first-order valence-electron chi connectivity index (χ1n) is 6.94. The van der Waals surface area contributed by atoms with Gasteiger partial charge in [-0.15, -0.1) is 0 Å². The smallest absolute Gasteiger partial charge is 0.200 e. The average molecular weight is 314 g/mol. The summed E-state index contributed by atoms with van der Waals surface area (Å²) in [5, 5.41) is 10.0. The van der Waals surface area contributed by atoms with Gasteiger partial charge in [-0.05, 0) is 24.3 Å². The van der Waals surface area contributed by atoms with E-state index in [-0.39, 0.29) is 23.7 Å². The Morgan fingerprint density at radius 1 is 1.09 bits per heavy atom. The molecule has 0 aromatic heterocycles. The highest BCUT2D eigenvalue weighted by Crippen LogP contribution is 2.31. The molecular formula is C18H18O5. The summed E-state index contributed by atoms with van der Waals surface area (Å²) in [7, 11) is 3.02. The summed E-state index contributed by atoms with van der Waals surface area (Å²) >= 11 is 0. The second-order valence-corrected chi connectivity index (χ2v) is 4.67. The molecule has 0 aliphatic rings. The lowest BCUT2D eigenvalue weighted by atomic mass is 10.0. The molecule has 0 heterocycles. The summed E-state index contributed by atoms with van der Waals surface area (Å²) in [4.78, 5) is 12.7. The molecule has 0 aliphatic carbocycles. The van der Waals surface area contributed by atoms with E-state index in [1.54, 1.807) is 30.3 Å². The van der Waals surface area contributed by atoms with Gasteiger partial charge in [-0.3, -0.25) is 4.79 Å². The lowest BCUT2D eigenvalue weighted by Crippen LogP contribution is -2.06. The largest absolute Gasteiger partial charge is 0.507 e. The number of ketones is 1. The third-order valence-corrected chi connectivity index (χ3v) is 3.24. The Bertz CT molecular complexity index is 721. The van der Waals surface area contributed by atoms with Crippen molar-refractivity contribution in [1.82, 2.24) is 0 Å². The number of rotatable bonds is 7. The number of hydrogen-bond donors (Lipinski definition) is 1. The molecule has 0 saturated carbocycles. The second-order valence-electron chi connectivity index (χ2n) is 4.67. The van der Waals surface area contributed by atoms with Crippen molar-refractivity contribution in [3.05, 3.63) is 60.2 Å². The molecule has 120 valence electrons. The zero-order chi connectivity index (χ0) is 16.8. The van der Waals surface area contributed by atoms with Crippen molar-refractivity contribution in [2.75, 3.05) is 20.8 Å². The summed E-state index contributed by atoms with van der Waals surface area (Å²) in [6.07, 6.45) is 1.58. The van der Waals surface area contributed by atoms with E-state index in [1.807, 2.05) is 0 Å². The van der Waals surface area contributed by atoms with Crippen LogP contribution in [-0.2, 0) is 0 Å². The molecule has 0 saturated heterocycles. The Morgan fingerprint density at radius 2 is 1.70 bits per heavy atom. The number of carbonyl (C=O) groups is 1. The van der Waals surface area contributed by atoms with Crippen LogP contribution in [0.25, 0.3) is 0 Å². The van der Waals surface area contributed by atoms with Gasteiger partial charge in [-0.25, -0.2) is 0 Å². The summed E-state index contributed by atoms with van der Waals surface area (Å²) in [6, 6.07) is 9.40. The Hall–Kier alpha value is -2.95. The molecule has 0 amide bonds. The monoisotopic (exact) mass is 314 g/mol. The topological polar surface area (TPSA) is 65.0 Å². The van der Waals surface area contributed by atoms with E-state index in [2.05, 4.69) is 6.58 Å². The highest BCUT2D eigenvalue weighted by atomic mass is 16.5. The predicted molar refractivity (Wildman–Crippen MR) is 86.8 cm³/mol. The molecule has 2 rings (SSSR count). The van der Waals surface area contributed by atoms with Crippen LogP contribution in [0.3, 0.4) is 0 Å². The van der Waals surface area contributed by atoms with Gasteiger partial charge in [-0.2, -0.15) is 0 Å². The third kappa shape index (κ3) is 3.63. The van der Waals surface area contributed by atoms with Crippen LogP contribution in [0.2, 0.25) is 0 Å². The van der Waals surface area contributed by atoms with Crippen LogP contribution in [0, 0.1) is 0 Å². The van der Waals surface area contributed by atoms with Gasteiger partial charge in [-0.1, -0.05) is 12.7 Å². The second kappa shape index (κ2) is 7.35. The molecule has 0 spiro atoms. The SMILES string of the molecule is C=CCOc1cc(OC)ccc1C(=O)c1ccc(OC)cc1O. The number of ether oxygens (including phenoxy) is 3. The molecule has 2 aromatic carbocycles. The Labute approximate surface area is 134 Å². The summed E-state index contributed by atoms with van der Waals surface area (Å²) in [5.74, 6) is 0.896. The number of carbonyl (C=O) groups excluding carboxylic acids is 1. The molecule has 0 bridgehead atoms. The molecule has 5 nitrogen and oxygen atoms in total.